The molecule has 0 aliphatic carbocycles. The fraction of sp³-hybridized carbons (Fsp3) is 0.125. The van der Waals surface area contributed by atoms with E-state index in [-0.39, 0.29) is 22.4 Å². The van der Waals surface area contributed by atoms with Crippen molar-refractivity contribution < 1.29 is 22.4 Å². The molecule has 1 aliphatic rings. The molecule has 174 valence electrons. The van der Waals surface area contributed by atoms with Gasteiger partial charge in [-0.05, 0) is 55.5 Å². The van der Waals surface area contributed by atoms with Gasteiger partial charge in [0.05, 0.1) is 10.6 Å². The van der Waals surface area contributed by atoms with Crippen LogP contribution in [0.5, 0.6) is 0 Å². The van der Waals surface area contributed by atoms with E-state index < -0.39 is 27.0 Å². The molecule has 1 atom stereocenters. The van der Waals surface area contributed by atoms with E-state index in [2.05, 4.69) is 9.71 Å². The van der Waals surface area contributed by atoms with Crippen LogP contribution >= 0.6 is 11.8 Å². The Labute approximate surface area is 200 Å². The Morgan fingerprint density at radius 1 is 1.03 bits per heavy atom. The third kappa shape index (κ3) is 5.35. The number of nitrogens with zero attached hydrogens (tertiary/aromatic N) is 2. The fourth-order valence-electron chi connectivity index (χ4n) is 3.25. The molecule has 1 heterocycles. The molecule has 0 spiro atoms. The maximum atomic E-state index is 13.2. The minimum Gasteiger partial charge on any atom is -0.326 e. The molecule has 0 bridgehead atoms. The van der Waals surface area contributed by atoms with Crippen LogP contribution in [0.25, 0.3) is 0 Å². The molecule has 2 amide bonds. The lowest BCUT2D eigenvalue weighted by molar-refractivity contribution is -0.121. The normalized spacial score (nSPS) is 17.2. The van der Waals surface area contributed by atoms with Crippen LogP contribution in [0.1, 0.15) is 12.0 Å². The molecule has 1 saturated heterocycles. The van der Waals surface area contributed by atoms with Crippen LogP contribution < -0.4 is 10.2 Å². The standard InChI is InChI=1S/C24H20FN3O4S2/c1-16-7-11-18(12-8-16)26-22(29)15-21-23(30)28(19-5-3-2-4-6-19)24(33-21)27-34(31,32)20-13-9-17(25)10-14-20/h2-14,21H,15H2,1H3,(H,26,29)/b27-24+. The summed E-state index contributed by atoms with van der Waals surface area (Å²) in [6.45, 7) is 1.93. The highest BCUT2D eigenvalue weighted by Crippen LogP contribution is 2.35. The number of carbonyl (C=O) groups excluding carboxylic acids is 2. The number of amidine groups is 1. The highest BCUT2D eigenvalue weighted by molar-refractivity contribution is 8.16. The number of amides is 2. The van der Waals surface area contributed by atoms with Gasteiger partial charge in [0.25, 0.3) is 10.0 Å². The van der Waals surface area contributed by atoms with E-state index in [0.717, 1.165) is 41.6 Å². The van der Waals surface area contributed by atoms with Crippen molar-refractivity contribution in [1.29, 1.82) is 0 Å². The van der Waals surface area contributed by atoms with Crippen molar-refractivity contribution in [1.82, 2.24) is 0 Å². The Morgan fingerprint density at radius 2 is 1.68 bits per heavy atom. The molecule has 10 heteroatoms. The molecule has 1 aliphatic heterocycles. The van der Waals surface area contributed by atoms with Crippen molar-refractivity contribution in [2.24, 2.45) is 4.40 Å². The molecule has 7 nitrogen and oxygen atoms in total. The van der Waals surface area contributed by atoms with Gasteiger partial charge in [-0.2, -0.15) is 8.42 Å². The number of carbonyl (C=O) groups is 2. The Kier molecular flexibility index (Phi) is 6.80. The summed E-state index contributed by atoms with van der Waals surface area (Å²) in [6, 6.07) is 19.9. The van der Waals surface area contributed by atoms with Gasteiger partial charge in [0.1, 0.15) is 11.1 Å². The number of nitrogens with one attached hydrogen (secondary N) is 1. The Morgan fingerprint density at radius 3 is 2.32 bits per heavy atom. The molecule has 4 rings (SSSR count). The van der Waals surface area contributed by atoms with Crippen molar-refractivity contribution in [3.8, 4) is 0 Å². The highest BCUT2D eigenvalue weighted by Gasteiger charge is 2.41. The van der Waals surface area contributed by atoms with Crippen LogP contribution in [0.15, 0.2) is 88.2 Å². The first-order chi connectivity index (χ1) is 16.2. The zero-order chi connectivity index (χ0) is 24.3. The van der Waals surface area contributed by atoms with Crippen molar-refractivity contribution >= 4 is 50.1 Å². The smallest absolute Gasteiger partial charge is 0.284 e. The third-order valence-electron chi connectivity index (χ3n) is 4.97. The highest BCUT2D eigenvalue weighted by atomic mass is 32.2. The number of aryl methyl sites for hydroxylation is 1. The monoisotopic (exact) mass is 497 g/mol. The first kappa shape index (κ1) is 23.7. The van der Waals surface area contributed by atoms with Crippen LogP contribution in [-0.4, -0.2) is 30.6 Å². The minimum atomic E-state index is -4.22. The lowest BCUT2D eigenvalue weighted by Gasteiger charge is -2.16. The summed E-state index contributed by atoms with van der Waals surface area (Å²) in [7, 11) is -4.22. The fourth-order valence-corrected chi connectivity index (χ4v) is 5.59. The van der Waals surface area contributed by atoms with E-state index in [4.69, 9.17) is 0 Å². The number of sulfonamides is 1. The largest absolute Gasteiger partial charge is 0.326 e. The molecule has 0 aromatic heterocycles. The molecule has 0 radical (unpaired) electrons. The molecule has 1 fully saturated rings. The summed E-state index contributed by atoms with van der Waals surface area (Å²) >= 11 is 0.900. The quantitative estimate of drug-likeness (QED) is 0.546. The Balaban J connectivity index is 1.61. The number of para-hydroxylation sites is 1. The molecule has 34 heavy (non-hydrogen) atoms. The summed E-state index contributed by atoms with van der Waals surface area (Å²) in [5.74, 6) is -1.42. The number of hydrogen-bond acceptors (Lipinski definition) is 5. The molecule has 1 N–H and O–H groups in total. The Hall–Kier alpha value is -3.50. The van der Waals surface area contributed by atoms with Crippen molar-refractivity contribution in [2.75, 3.05) is 10.2 Å². The second kappa shape index (κ2) is 9.78. The van der Waals surface area contributed by atoms with Gasteiger partial charge >= 0.3 is 0 Å². The van der Waals surface area contributed by atoms with Crippen molar-refractivity contribution in [3.05, 3.63) is 90.2 Å². The maximum Gasteiger partial charge on any atom is 0.284 e. The van der Waals surface area contributed by atoms with Gasteiger partial charge in [0.2, 0.25) is 11.8 Å². The van der Waals surface area contributed by atoms with Gasteiger partial charge in [0, 0.05) is 12.1 Å². The van der Waals surface area contributed by atoms with Crippen LogP contribution in [0.3, 0.4) is 0 Å². The summed E-state index contributed by atoms with van der Waals surface area (Å²) in [4.78, 5) is 26.8. The zero-order valence-corrected chi connectivity index (χ0v) is 19.6. The van der Waals surface area contributed by atoms with Crippen LogP contribution in [0, 0.1) is 12.7 Å². The SMILES string of the molecule is Cc1ccc(NC(=O)CC2S/C(=N/S(=O)(=O)c3ccc(F)cc3)N(c3ccccc3)C2=O)cc1. The number of halogens is 1. The van der Waals surface area contributed by atoms with Crippen molar-refractivity contribution in [2.45, 2.75) is 23.5 Å². The Bertz CT molecular complexity index is 1340. The number of anilines is 2. The topological polar surface area (TPSA) is 95.9 Å². The van der Waals surface area contributed by atoms with Gasteiger partial charge < -0.3 is 5.32 Å². The average Bonchev–Trinajstić information content (AvgIpc) is 3.10. The van der Waals surface area contributed by atoms with Gasteiger partial charge in [-0.1, -0.05) is 47.7 Å². The predicted molar refractivity (Wildman–Crippen MR) is 131 cm³/mol. The predicted octanol–water partition coefficient (Wildman–Crippen LogP) is 4.36. The summed E-state index contributed by atoms with van der Waals surface area (Å²) in [5, 5.41) is 1.81. The second-order valence-electron chi connectivity index (χ2n) is 7.54. The number of rotatable bonds is 6. The molecular weight excluding hydrogens is 477 g/mol. The van der Waals surface area contributed by atoms with E-state index >= 15 is 0 Å². The van der Waals surface area contributed by atoms with Gasteiger partial charge in [-0.15, -0.1) is 4.40 Å². The minimum absolute atomic E-state index is 0.0753. The molecule has 3 aromatic carbocycles. The van der Waals surface area contributed by atoms with E-state index in [1.165, 1.54) is 4.90 Å². The lowest BCUT2D eigenvalue weighted by Crippen LogP contribution is -2.33. The van der Waals surface area contributed by atoms with Gasteiger partial charge in [-0.3, -0.25) is 14.5 Å². The van der Waals surface area contributed by atoms with Gasteiger partial charge in [0.15, 0.2) is 5.17 Å². The second-order valence-corrected chi connectivity index (χ2v) is 10.3. The van der Waals surface area contributed by atoms with Gasteiger partial charge in [-0.25, -0.2) is 4.39 Å². The van der Waals surface area contributed by atoms with E-state index in [9.17, 15) is 22.4 Å². The zero-order valence-electron chi connectivity index (χ0n) is 18.0. The van der Waals surface area contributed by atoms with E-state index in [1.54, 1.807) is 42.5 Å². The molecule has 3 aromatic rings. The van der Waals surface area contributed by atoms with E-state index in [1.807, 2.05) is 19.1 Å². The molecule has 1 unspecified atom stereocenters. The van der Waals surface area contributed by atoms with Crippen LogP contribution in [-0.2, 0) is 19.6 Å². The lowest BCUT2D eigenvalue weighted by atomic mass is 10.2. The average molecular weight is 498 g/mol. The molecule has 0 saturated carbocycles. The summed E-state index contributed by atoms with van der Waals surface area (Å²) in [6.07, 6.45) is -0.170. The number of thioether (sulfide) groups is 1. The van der Waals surface area contributed by atoms with Crippen LogP contribution in [0.4, 0.5) is 15.8 Å². The maximum absolute atomic E-state index is 13.2. The summed E-state index contributed by atoms with van der Waals surface area (Å²) in [5.41, 5.74) is 2.06. The van der Waals surface area contributed by atoms with E-state index in [0.29, 0.717) is 11.4 Å². The summed E-state index contributed by atoms with van der Waals surface area (Å²) < 4.78 is 42.8. The number of benzene rings is 3. The first-order valence-corrected chi connectivity index (χ1v) is 12.6. The third-order valence-corrected chi connectivity index (χ3v) is 7.50. The number of hydrogen-bond donors (Lipinski definition) is 1. The molecular formula is C24H20FN3O4S2. The van der Waals surface area contributed by atoms with Crippen LogP contribution in [0.2, 0.25) is 0 Å². The first-order valence-electron chi connectivity index (χ1n) is 10.3. The van der Waals surface area contributed by atoms with Crippen molar-refractivity contribution in [3.63, 3.8) is 0 Å².